The number of anilines is 1. The first-order valence-electron chi connectivity index (χ1n) is 7.55. The van der Waals surface area contributed by atoms with Gasteiger partial charge in [-0.15, -0.1) is 0 Å². The first-order valence-corrected chi connectivity index (χ1v) is 7.55. The van der Waals surface area contributed by atoms with Gasteiger partial charge in [-0.05, 0) is 44.5 Å². The Labute approximate surface area is 125 Å². The lowest BCUT2D eigenvalue weighted by Gasteiger charge is -2.24. The fourth-order valence-electron chi connectivity index (χ4n) is 3.01. The molecule has 0 unspecified atom stereocenters. The minimum atomic E-state index is -0.0689. The Morgan fingerprint density at radius 1 is 1.33 bits per heavy atom. The zero-order chi connectivity index (χ0) is 15.2. The second kappa shape index (κ2) is 4.79. The zero-order valence-electron chi connectivity index (χ0n) is 13.2. The average Bonchev–Trinajstić information content (AvgIpc) is 3.00. The number of imidazole rings is 1. The van der Waals surface area contributed by atoms with E-state index in [0.29, 0.717) is 0 Å². The summed E-state index contributed by atoms with van der Waals surface area (Å²) in [5.41, 5.74) is 9.55. The van der Waals surface area contributed by atoms with E-state index in [0.717, 1.165) is 48.1 Å². The molecule has 1 aromatic carbocycles. The Balaban J connectivity index is 2.13. The molecule has 0 bridgehead atoms. The number of aromatic nitrogens is 2. The van der Waals surface area contributed by atoms with Crippen LogP contribution in [0.25, 0.3) is 11.3 Å². The van der Waals surface area contributed by atoms with E-state index >= 15 is 0 Å². The third-order valence-corrected chi connectivity index (χ3v) is 3.93. The number of aryl methyl sites for hydroxylation is 1. The van der Waals surface area contributed by atoms with Gasteiger partial charge < -0.3 is 15.0 Å². The van der Waals surface area contributed by atoms with E-state index in [4.69, 9.17) is 15.5 Å². The van der Waals surface area contributed by atoms with Gasteiger partial charge in [0.1, 0.15) is 23.1 Å². The van der Waals surface area contributed by atoms with Gasteiger partial charge in [-0.1, -0.05) is 6.92 Å². The molecule has 3 rings (SSSR count). The van der Waals surface area contributed by atoms with Crippen LogP contribution in [0.3, 0.4) is 0 Å². The van der Waals surface area contributed by atoms with Crippen molar-refractivity contribution in [2.75, 3.05) is 12.3 Å². The minimum Gasteiger partial charge on any atom is -0.493 e. The molecule has 0 spiro atoms. The molecule has 0 amide bonds. The summed E-state index contributed by atoms with van der Waals surface area (Å²) in [5, 5.41) is 0. The number of nitrogen functional groups attached to an aromatic ring is 1. The van der Waals surface area contributed by atoms with Crippen molar-refractivity contribution in [2.24, 2.45) is 0 Å². The fraction of sp³-hybridized carbons (Fsp3) is 0.471. The zero-order valence-corrected chi connectivity index (χ0v) is 13.2. The van der Waals surface area contributed by atoms with Crippen molar-refractivity contribution in [3.63, 3.8) is 0 Å². The monoisotopic (exact) mass is 285 g/mol. The summed E-state index contributed by atoms with van der Waals surface area (Å²) < 4.78 is 7.71. The van der Waals surface area contributed by atoms with Crippen molar-refractivity contribution in [3.8, 4) is 17.0 Å². The lowest BCUT2D eigenvalue weighted by Crippen LogP contribution is -2.25. The molecule has 1 aliphatic heterocycles. The number of hydrogen-bond acceptors (Lipinski definition) is 3. The predicted molar refractivity (Wildman–Crippen MR) is 85.6 cm³/mol. The Morgan fingerprint density at radius 3 is 2.71 bits per heavy atom. The fourth-order valence-corrected chi connectivity index (χ4v) is 3.01. The van der Waals surface area contributed by atoms with Crippen LogP contribution in [-0.2, 0) is 18.4 Å². The lowest BCUT2D eigenvalue weighted by molar-refractivity contribution is 0.357. The maximum Gasteiger partial charge on any atom is 0.132 e. The van der Waals surface area contributed by atoms with Crippen LogP contribution in [0.1, 0.15) is 39.1 Å². The minimum absolute atomic E-state index is 0.0689. The van der Waals surface area contributed by atoms with Crippen LogP contribution in [0.5, 0.6) is 5.75 Å². The topological polar surface area (TPSA) is 53.1 Å². The predicted octanol–water partition coefficient (Wildman–Crippen LogP) is 3.38. The smallest absolute Gasteiger partial charge is 0.132 e. The van der Waals surface area contributed by atoms with Crippen LogP contribution in [0, 0.1) is 0 Å². The molecule has 0 saturated carbocycles. The number of nitrogens with zero attached hydrogens (tertiary/aromatic N) is 2. The molecule has 112 valence electrons. The molecule has 2 aromatic rings. The number of hydrogen-bond donors (Lipinski definition) is 1. The molecule has 0 radical (unpaired) electrons. The van der Waals surface area contributed by atoms with Gasteiger partial charge in [0, 0.05) is 23.9 Å². The first-order chi connectivity index (χ1) is 9.91. The van der Waals surface area contributed by atoms with Gasteiger partial charge in [-0.2, -0.15) is 0 Å². The molecule has 0 atom stereocenters. The van der Waals surface area contributed by atoms with Crippen molar-refractivity contribution < 1.29 is 4.74 Å². The van der Waals surface area contributed by atoms with Crippen LogP contribution < -0.4 is 10.5 Å². The summed E-state index contributed by atoms with van der Waals surface area (Å²) >= 11 is 0. The van der Waals surface area contributed by atoms with E-state index in [2.05, 4.69) is 44.4 Å². The molecule has 1 aromatic heterocycles. The molecule has 0 aliphatic carbocycles. The van der Waals surface area contributed by atoms with Gasteiger partial charge in [0.15, 0.2) is 0 Å². The van der Waals surface area contributed by atoms with Crippen molar-refractivity contribution in [1.82, 2.24) is 9.55 Å². The highest BCUT2D eigenvalue weighted by Crippen LogP contribution is 2.35. The van der Waals surface area contributed by atoms with Crippen LogP contribution in [0.15, 0.2) is 18.2 Å². The summed E-state index contributed by atoms with van der Waals surface area (Å²) in [7, 11) is 0. The van der Waals surface area contributed by atoms with Crippen molar-refractivity contribution in [1.29, 1.82) is 0 Å². The molecule has 21 heavy (non-hydrogen) atoms. The van der Waals surface area contributed by atoms with E-state index in [9.17, 15) is 0 Å². The Kier molecular flexibility index (Phi) is 3.19. The highest BCUT2D eigenvalue weighted by molar-refractivity contribution is 5.73. The maximum absolute atomic E-state index is 6.41. The molecule has 2 heterocycles. The molecule has 0 fully saturated rings. The number of nitrogens with two attached hydrogens (primary N) is 1. The second-order valence-corrected chi connectivity index (χ2v) is 6.54. The van der Waals surface area contributed by atoms with E-state index in [1.54, 1.807) is 0 Å². The summed E-state index contributed by atoms with van der Waals surface area (Å²) in [6.07, 6.45) is 1.83. The van der Waals surface area contributed by atoms with Crippen LogP contribution in [0.2, 0.25) is 0 Å². The lowest BCUT2D eigenvalue weighted by atomic mass is 10.1. The number of fused-ring (bicyclic) bond motifs is 1. The van der Waals surface area contributed by atoms with Crippen LogP contribution >= 0.6 is 0 Å². The van der Waals surface area contributed by atoms with E-state index in [1.807, 2.05) is 6.07 Å². The molecule has 1 aliphatic rings. The van der Waals surface area contributed by atoms with Crippen LogP contribution in [-0.4, -0.2) is 16.2 Å². The average molecular weight is 285 g/mol. The molecule has 4 nitrogen and oxygen atoms in total. The van der Waals surface area contributed by atoms with E-state index < -0.39 is 0 Å². The Bertz CT molecular complexity index is 680. The molecular formula is C17H23N3O. The highest BCUT2D eigenvalue weighted by atomic mass is 16.5. The van der Waals surface area contributed by atoms with Crippen molar-refractivity contribution in [2.45, 2.75) is 46.1 Å². The number of ether oxygens (including phenoxy) is 1. The molecule has 2 N–H and O–H groups in total. The maximum atomic E-state index is 6.41. The normalized spacial score (nSPS) is 14.1. The molecule has 0 saturated heterocycles. The number of benzene rings is 1. The van der Waals surface area contributed by atoms with Gasteiger partial charge in [-0.25, -0.2) is 4.98 Å². The largest absolute Gasteiger partial charge is 0.493 e. The summed E-state index contributed by atoms with van der Waals surface area (Å²) in [6, 6.07) is 6.24. The molecular weight excluding hydrogens is 262 g/mol. The molecule has 4 heteroatoms. The standard InChI is InChI=1S/C17H23N3O/c1-5-14-19-15(16(18)20(14)17(2,3)4)12-6-7-13-11(10-12)8-9-21-13/h6-7,10H,5,8-9,18H2,1-4H3. The number of rotatable bonds is 2. The van der Waals surface area contributed by atoms with Gasteiger partial charge in [0.2, 0.25) is 0 Å². The summed E-state index contributed by atoms with van der Waals surface area (Å²) in [6.45, 7) is 9.36. The first kappa shape index (κ1) is 14.0. The summed E-state index contributed by atoms with van der Waals surface area (Å²) in [4.78, 5) is 4.79. The van der Waals surface area contributed by atoms with Gasteiger partial charge >= 0.3 is 0 Å². The van der Waals surface area contributed by atoms with Crippen molar-refractivity contribution in [3.05, 3.63) is 29.6 Å². The Hall–Kier alpha value is -1.97. The SMILES string of the molecule is CCc1nc(-c2ccc3c(c2)CCO3)c(N)n1C(C)(C)C. The third-order valence-electron chi connectivity index (χ3n) is 3.93. The van der Waals surface area contributed by atoms with Gasteiger partial charge in [0.25, 0.3) is 0 Å². The van der Waals surface area contributed by atoms with E-state index in [1.165, 1.54) is 5.56 Å². The van der Waals surface area contributed by atoms with Gasteiger partial charge in [-0.3, -0.25) is 0 Å². The second-order valence-electron chi connectivity index (χ2n) is 6.54. The van der Waals surface area contributed by atoms with Gasteiger partial charge in [0.05, 0.1) is 6.61 Å². The third kappa shape index (κ3) is 2.28. The highest BCUT2D eigenvalue weighted by Gasteiger charge is 2.24. The van der Waals surface area contributed by atoms with Crippen molar-refractivity contribution >= 4 is 5.82 Å². The van der Waals surface area contributed by atoms with Crippen LogP contribution in [0.4, 0.5) is 5.82 Å². The summed E-state index contributed by atoms with van der Waals surface area (Å²) in [5.74, 6) is 2.77. The Morgan fingerprint density at radius 2 is 2.10 bits per heavy atom. The van der Waals surface area contributed by atoms with E-state index in [-0.39, 0.29) is 5.54 Å². The quantitative estimate of drug-likeness (QED) is 0.920.